The zero-order valence-corrected chi connectivity index (χ0v) is 10.5. The van der Waals surface area contributed by atoms with Crippen LogP contribution in [0.4, 0.5) is 13.2 Å². The van der Waals surface area contributed by atoms with Crippen LogP contribution in [0.15, 0.2) is 18.2 Å². The SMILES string of the molecule is CCCNCC(O)c1ccc(C(F)(F)F)cc1C. The van der Waals surface area contributed by atoms with E-state index in [4.69, 9.17) is 0 Å². The van der Waals surface area contributed by atoms with Gasteiger partial charge in [0, 0.05) is 6.54 Å². The lowest BCUT2D eigenvalue weighted by Gasteiger charge is -2.16. The first-order chi connectivity index (χ1) is 8.36. The molecule has 1 rings (SSSR count). The molecule has 0 aromatic heterocycles. The highest BCUT2D eigenvalue weighted by molar-refractivity contribution is 5.34. The molecule has 0 saturated carbocycles. The summed E-state index contributed by atoms with van der Waals surface area (Å²) in [6, 6.07) is 3.42. The largest absolute Gasteiger partial charge is 0.416 e. The molecule has 18 heavy (non-hydrogen) atoms. The van der Waals surface area contributed by atoms with Crippen molar-refractivity contribution in [2.75, 3.05) is 13.1 Å². The Balaban J connectivity index is 2.79. The monoisotopic (exact) mass is 261 g/mol. The number of aliphatic hydroxyl groups is 1. The standard InChI is InChI=1S/C13H18F3NO/c1-3-6-17-8-12(18)11-5-4-10(7-9(11)2)13(14,15)16/h4-5,7,12,17-18H,3,6,8H2,1-2H3. The Morgan fingerprint density at radius 3 is 2.50 bits per heavy atom. The van der Waals surface area contributed by atoms with Crippen LogP contribution in [0.25, 0.3) is 0 Å². The molecule has 0 radical (unpaired) electrons. The third-order valence-electron chi connectivity index (χ3n) is 2.72. The molecule has 2 nitrogen and oxygen atoms in total. The summed E-state index contributed by atoms with van der Waals surface area (Å²) >= 11 is 0. The van der Waals surface area contributed by atoms with Gasteiger partial charge < -0.3 is 10.4 Å². The minimum absolute atomic E-state index is 0.347. The van der Waals surface area contributed by atoms with Crippen molar-refractivity contribution in [3.63, 3.8) is 0 Å². The van der Waals surface area contributed by atoms with E-state index in [1.165, 1.54) is 6.07 Å². The molecule has 0 aliphatic heterocycles. The van der Waals surface area contributed by atoms with E-state index in [9.17, 15) is 18.3 Å². The molecule has 0 saturated heterocycles. The van der Waals surface area contributed by atoms with Crippen LogP contribution < -0.4 is 5.32 Å². The fourth-order valence-electron chi connectivity index (χ4n) is 1.75. The molecule has 1 unspecified atom stereocenters. The van der Waals surface area contributed by atoms with Crippen molar-refractivity contribution < 1.29 is 18.3 Å². The van der Waals surface area contributed by atoms with Crippen molar-refractivity contribution in [3.8, 4) is 0 Å². The topological polar surface area (TPSA) is 32.3 Å². The summed E-state index contributed by atoms with van der Waals surface area (Å²) in [6.07, 6.45) is -4.17. The predicted molar refractivity (Wildman–Crippen MR) is 64.3 cm³/mol. The van der Waals surface area contributed by atoms with Gasteiger partial charge in [-0.3, -0.25) is 0 Å². The van der Waals surface area contributed by atoms with Gasteiger partial charge >= 0.3 is 6.18 Å². The second kappa shape index (κ2) is 6.20. The van der Waals surface area contributed by atoms with E-state index < -0.39 is 17.8 Å². The van der Waals surface area contributed by atoms with Gasteiger partial charge in [-0.1, -0.05) is 13.0 Å². The van der Waals surface area contributed by atoms with Gasteiger partial charge in [0.15, 0.2) is 0 Å². The molecule has 1 aromatic rings. The predicted octanol–water partition coefficient (Wildman–Crippen LogP) is 3.05. The van der Waals surface area contributed by atoms with Gasteiger partial charge in [0.25, 0.3) is 0 Å². The first kappa shape index (κ1) is 15.0. The van der Waals surface area contributed by atoms with Crippen molar-refractivity contribution >= 4 is 0 Å². The summed E-state index contributed by atoms with van der Waals surface area (Å²) in [5.74, 6) is 0. The van der Waals surface area contributed by atoms with Gasteiger partial charge in [0.05, 0.1) is 11.7 Å². The third-order valence-corrected chi connectivity index (χ3v) is 2.72. The lowest BCUT2D eigenvalue weighted by molar-refractivity contribution is -0.137. The highest BCUT2D eigenvalue weighted by Gasteiger charge is 2.30. The van der Waals surface area contributed by atoms with E-state index in [1.54, 1.807) is 6.92 Å². The Morgan fingerprint density at radius 2 is 2.00 bits per heavy atom. The first-order valence-corrected chi connectivity index (χ1v) is 5.92. The number of aliphatic hydroxyl groups excluding tert-OH is 1. The minimum Gasteiger partial charge on any atom is -0.387 e. The Morgan fingerprint density at radius 1 is 1.33 bits per heavy atom. The minimum atomic E-state index is -4.34. The maximum atomic E-state index is 12.5. The Bertz CT molecular complexity index is 390. The molecule has 0 aliphatic rings. The van der Waals surface area contributed by atoms with Crippen LogP contribution in [0.5, 0.6) is 0 Å². The quantitative estimate of drug-likeness (QED) is 0.798. The molecule has 102 valence electrons. The molecule has 0 fully saturated rings. The van der Waals surface area contributed by atoms with Crippen LogP contribution >= 0.6 is 0 Å². The van der Waals surface area contributed by atoms with Crippen molar-refractivity contribution in [1.82, 2.24) is 5.32 Å². The van der Waals surface area contributed by atoms with E-state index in [2.05, 4.69) is 5.32 Å². The molecule has 5 heteroatoms. The van der Waals surface area contributed by atoms with Gasteiger partial charge in [-0.25, -0.2) is 0 Å². The lowest BCUT2D eigenvalue weighted by Crippen LogP contribution is -2.22. The third kappa shape index (κ3) is 3.99. The molecular formula is C13H18F3NO. The average molecular weight is 261 g/mol. The second-order valence-corrected chi connectivity index (χ2v) is 4.29. The van der Waals surface area contributed by atoms with Crippen LogP contribution in [-0.4, -0.2) is 18.2 Å². The van der Waals surface area contributed by atoms with Gasteiger partial charge in [-0.2, -0.15) is 13.2 Å². The molecule has 0 bridgehead atoms. The van der Waals surface area contributed by atoms with E-state index in [1.807, 2.05) is 6.92 Å². The van der Waals surface area contributed by atoms with Crippen molar-refractivity contribution in [2.24, 2.45) is 0 Å². The fourth-order valence-corrected chi connectivity index (χ4v) is 1.75. The number of alkyl halides is 3. The number of rotatable bonds is 5. The van der Waals surface area contributed by atoms with E-state index >= 15 is 0 Å². The number of hydrogen-bond acceptors (Lipinski definition) is 2. The van der Waals surface area contributed by atoms with Crippen molar-refractivity contribution in [1.29, 1.82) is 0 Å². The summed E-state index contributed by atoms with van der Waals surface area (Å²) in [7, 11) is 0. The highest BCUT2D eigenvalue weighted by atomic mass is 19.4. The zero-order valence-electron chi connectivity index (χ0n) is 10.5. The zero-order chi connectivity index (χ0) is 13.8. The second-order valence-electron chi connectivity index (χ2n) is 4.29. The normalized spacial score (nSPS) is 13.7. The molecule has 0 heterocycles. The van der Waals surface area contributed by atoms with Gasteiger partial charge in [0.2, 0.25) is 0 Å². The van der Waals surface area contributed by atoms with Crippen LogP contribution in [-0.2, 0) is 6.18 Å². The molecule has 0 aliphatic carbocycles. The van der Waals surface area contributed by atoms with Crippen molar-refractivity contribution in [2.45, 2.75) is 32.5 Å². The Hall–Kier alpha value is -1.07. The summed E-state index contributed by atoms with van der Waals surface area (Å²) in [6.45, 7) is 4.70. The lowest BCUT2D eigenvalue weighted by atomic mass is 10.0. The van der Waals surface area contributed by atoms with Crippen LogP contribution in [0.2, 0.25) is 0 Å². The van der Waals surface area contributed by atoms with Crippen LogP contribution in [0.1, 0.15) is 36.1 Å². The number of hydrogen-bond donors (Lipinski definition) is 2. The van der Waals surface area contributed by atoms with Gasteiger partial charge in [-0.05, 0) is 43.1 Å². The number of benzene rings is 1. The number of aryl methyl sites for hydroxylation is 1. The molecule has 1 atom stereocenters. The molecule has 1 aromatic carbocycles. The maximum absolute atomic E-state index is 12.5. The maximum Gasteiger partial charge on any atom is 0.416 e. The van der Waals surface area contributed by atoms with E-state index in [0.29, 0.717) is 17.7 Å². The highest BCUT2D eigenvalue weighted by Crippen LogP contribution is 2.31. The summed E-state index contributed by atoms with van der Waals surface area (Å²) in [5, 5.41) is 12.9. The summed E-state index contributed by atoms with van der Waals surface area (Å²) in [5.41, 5.74) is 0.305. The summed E-state index contributed by atoms with van der Waals surface area (Å²) < 4.78 is 37.4. The van der Waals surface area contributed by atoms with Gasteiger partial charge in [-0.15, -0.1) is 0 Å². The molecule has 2 N–H and O–H groups in total. The summed E-state index contributed by atoms with van der Waals surface area (Å²) in [4.78, 5) is 0. The van der Waals surface area contributed by atoms with Crippen molar-refractivity contribution in [3.05, 3.63) is 34.9 Å². The first-order valence-electron chi connectivity index (χ1n) is 5.92. The van der Waals surface area contributed by atoms with E-state index in [0.717, 1.165) is 25.1 Å². The van der Waals surface area contributed by atoms with Gasteiger partial charge in [0.1, 0.15) is 0 Å². The van der Waals surface area contributed by atoms with E-state index in [-0.39, 0.29) is 0 Å². The smallest absolute Gasteiger partial charge is 0.387 e. The van der Waals surface area contributed by atoms with Crippen LogP contribution in [0, 0.1) is 6.92 Å². The molecule has 0 amide bonds. The fraction of sp³-hybridized carbons (Fsp3) is 0.538. The molecule has 0 spiro atoms. The number of halogens is 3. The number of nitrogens with one attached hydrogen (secondary N) is 1. The van der Waals surface area contributed by atoms with Crippen LogP contribution in [0.3, 0.4) is 0 Å². The Labute approximate surface area is 105 Å². The molecular weight excluding hydrogens is 243 g/mol. The average Bonchev–Trinajstić information content (AvgIpc) is 2.27. The Kier molecular flexibility index (Phi) is 5.16.